The summed E-state index contributed by atoms with van der Waals surface area (Å²) in [7, 11) is 3.03. The molecule has 0 saturated heterocycles. The van der Waals surface area contributed by atoms with Crippen LogP contribution in [0.3, 0.4) is 0 Å². The predicted molar refractivity (Wildman–Crippen MR) is 121 cm³/mol. The van der Waals surface area contributed by atoms with E-state index in [0.29, 0.717) is 22.5 Å². The van der Waals surface area contributed by atoms with Gasteiger partial charge in [-0.05, 0) is 54.6 Å². The second-order valence-electron chi connectivity index (χ2n) is 6.75. The van der Waals surface area contributed by atoms with Gasteiger partial charge in [0.2, 0.25) is 5.91 Å². The maximum Gasteiger partial charge on any atom is 0.337 e. The number of anilines is 3. The van der Waals surface area contributed by atoms with Crippen molar-refractivity contribution in [2.45, 2.75) is 0 Å². The maximum atomic E-state index is 12.8. The van der Waals surface area contributed by atoms with Crippen LogP contribution in [0.2, 0.25) is 0 Å². The van der Waals surface area contributed by atoms with Gasteiger partial charge < -0.3 is 20.3 Å². The third-order valence-corrected chi connectivity index (χ3v) is 4.60. The Hall–Kier alpha value is -4.13. The number of ether oxygens (including phenoxy) is 1. The number of para-hydroxylation sites is 1. The third kappa shape index (κ3) is 5.70. The van der Waals surface area contributed by atoms with E-state index in [2.05, 4.69) is 15.4 Å². The van der Waals surface area contributed by atoms with E-state index in [1.807, 2.05) is 30.3 Å². The molecule has 31 heavy (non-hydrogen) atoms. The average Bonchev–Trinajstić information content (AvgIpc) is 2.82. The molecule has 0 aromatic heterocycles. The highest BCUT2D eigenvalue weighted by atomic mass is 16.5. The van der Waals surface area contributed by atoms with Crippen LogP contribution in [-0.2, 0) is 9.53 Å². The summed E-state index contributed by atoms with van der Waals surface area (Å²) in [6.07, 6.45) is 0. The predicted octanol–water partition coefficient (Wildman–Crippen LogP) is 3.80. The fourth-order valence-electron chi connectivity index (χ4n) is 2.92. The SMILES string of the molecule is COC(=O)c1ccc(NCC(=O)Nc2cccc(C(=O)N(C)c3ccccc3)c2)cc1. The molecular formula is C24H23N3O4. The number of esters is 1. The second kappa shape index (κ2) is 10.1. The van der Waals surface area contributed by atoms with E-state index in [-0.39, 0.29) is 18.4 Å². The van der Waals surface area contributed by atoms with Crippen LogP contribution in [-0.4, -0.2) is 38.5 Å². The number of nitrogens with one attached hydrogen (secondary N) is 2. The quantitative estimate of drug-likeness (QED) is 0.571. The van der Waals surface area contributed by atoms with Crippen LogP contribution in [0.25, 0.3) is 0 Å². The summed E-state index contributed by atoms with van der Waals surface area (Å²) in [5.41, 5.74) is 2.90. The molecule has 3 aromatic rings. The number of benzene rings is 3. The molecule has 0 aliphatic heterocycles. The first-order chi connectivity index (χ1) is 15.0. The minimum Gasteiger partial charge on any atom is -0.465 e. The molecule has 0 unspecified atom stereocenters. The third-order valence-electron chi connectivity index (χ3n) is 4.60. The summed E-state index contributed by atoms with van der Waals surface area (Å²) in [5, 5.41) is 5.77. The van der Waals surface area contributed by atoms with Gasteiger partial charge in [0.1, 0.15) is 0 Å². The molecule has 0 atom stereocenters. The second-order valence-corrected chi connectivity index (χ2v) is 6.75. The number of methoxy groups -OCH3 is 1. The highest BCUT2D eigenvalue weighted by molar-refractivity contribution is 6.06. The summed E-state index contributed by atoms with van der Waals surface area (Å²) in [5.74, 6) is -0.860. The zero-order chi connectivity index (χ0) is 22.2. The smallest absolute Gasteiger partial charge is 0.337 e. The zero-order valence-electron chi connectivity index (χ0n) is 17.3. The molecular weight excluding hydrogens is 394 g/mol. The van der Waals surface area contributed by atoms with Crippen LogP contribution in [0.5, 0.6) is 0 Å². The molecule has 0 aliphatic carbocycles. The molecule has 7 nitrogen and oxygen atoms in total. The van der Waals surface area contributed by atoms with Gasteiger partial charge >= 0.3 is 5.97 Å². The van der Waals surface area contributed by atoms with Crippen molar-refractivity contribution in [3.63, 3.8) is 0 Å². The van der Waals surface area contributed by atoms with Gasteiger partial charge in [0.05, 0.1) is 19.2 Å². The number of rotatable bonds is 7. The highest BCUT2D eigenvalue weighted by Crippen LogP contribution is 2.17. The van der Waals surface area contributed by atoms with Crippen molar-refractivity contribution in [1.29, 1.82) is 0 Å². The van der Waals surface area contributed by atoms with E-state index in [0.717, 1.165) is 5.69 Å². The minimum absolute atomic E-state index is 0.0274. The number of nitrogens with zero attached hydrogens (tertiary/aromatic N) is 1. The summed E-state index contributed by atoms with van der Waals surface area (Å²) in [6.45, 7) is 0.0274. The highest BCUT2D eigenvalue weighted by Gasteiger charge is 2.14. The van der Waals surface area contributed by atoms with Crippen molar-refractivity contribution < 1.29 is 19.1 Å². The van der Waals surface area contributed by atoms with Crippen molar-refractivity contribution in [2.24, 2.45) is 0 Å². The van der Waals surface area contributed by atoms with E-state index in [1.165, 1.54) is 7.11 Å². The maximum absolute atomic E-state index is 12.8. The molecule has 2 amide bonds. The molecule has 0 spiro atoms. The van der Waals surface area contributed by atoms with Gasteiger partial charge in [-0.25, -0.2) is 4.79 Å². The minimum atomic E-state index is -0.420. The zero-order valence-corrected chi connectivity index (χ0v) is 17.3. The van der Waals surface area contributed by atoms with E-state index in [4.69, 9.17) is 0 Å². The van der Waals surface area contributed by atoms with Gasteiger partial charge in [0.25, 0.3) is 5.91 Å². The van der Waals surface area contributed by atoms with Crippen LogP contribution in [0, 0.1) is 0 Å². The van der Waals surface area contributed by atoms with E-state index in [1.54, 1.807) is 60.5 Å². The van der Waals surface area contributed by atoms with Gasteiger partial charge in [-0.1, -0.05) is 24.3 Å². The van der Waals surface area contributed by atoms with Crippen LogP contribution in [0.4, 0.5) is 17.1 Å². The number of carbonyl (C=O) groups is 3. The molecule has 3 aromatic carbocycles. The lowest BCUT2D eigenvalue weighted by Gasteiger charge is -2.17. The normalized spacial score (nSPS) is 10.1. The molecule has 2 N–H and O–H groups in total. The Morgan fingerprint density at radius 1 is 0.839 bits per heavy atom. The van der Waals surface area contributed by atoms with Gasteiger partial charge in [-0.2, -0.15) is 0 Å². The van der Waals surface area contributed by atoms with Crippen LogP contribution in [0.1, 0.15) is 20.7 Å². The van der Waals surface area contributed by atoms with E-state index < -0.39 is 5.97 Å². The number of carbonyl (C=O) groups excluding carboxylic acids is 3. The Morgan fingerprint density at radius 2 is 1.55 bits per heavy atom. The number of hydrogen-bond acceptors (Lipinski definition) is 5. The fraction of sp³-hybridized carbons (Fsp3) is 0.125. The monoisotopic (exact) mass is 417 g/mol. The summed E-state index contributed by atoms with van der Waals surface area (Å²) >= 11 is 0. The number of amides is 2. The van der Waals surface area contributed by atoms with Crippen molar-refractivity contribution in [3.05, 3.63) is 90.0 Å². The van der Waals surface area contributed by atoms with Crippen molar-refractivity contribution in [3.8, 4) is 0 Å². The lowest BCUT2D eigenvalue weighted by Crippen LogP contribution is -2.26. The lowest BCUT2D eigenvalue weighted by atomic mass is 10.1. The van der Waals surface area contributed by atoms with Gasteiger partial charge in [0.15, 0.2) is 0 Å². The molecule has 158 valence electrons. The topological polar surface area (TPSA) is 87.7 Å². The Morgan fingerprint density at radius 3 is 2.23 bits per heavy atom. The van der Waals surface area contributed by atoms with Gasteiger partial charge in [-0.15, -0.1) is 0 Å². The molecule has 0 radical (unpaired) electrons. The van der Waals surface area contributed by atoms with Crippen molar-refractivity contribution >= 4 is 34.8 Å². The first-order valence-electron chi connectivity index (χ1n) is 9.63. The van der Waals surface area contributed by atoms with Crippen molar-refractivity contribution in [2.75, 3.05) is 36.2 Å². The Labute approximate surface area is 180 Å². The van der Waals surface area contributed by atoms with Gasteiger partial charge in [-0.3, -0.25) is 9.59 Å². The van der Waals surface area contributed by atoms with Crippen molar-refractivity contribution in [1.82, 2.24) is 0 Å². The largest absolute Gasteiger partial charge is 0.465 e. The molecule has 0 fully saturated rings. The molecule has 0 aliphatic rings. The fourth-order valence-corrected chi connectivity index (χ4v) is 2.92. The molecule has 0 heterocycles. The van der Waals surface area contributed by atoms with Crippen LogP contribution < -0.4 is 15.5 Å². The Bertz CT molecular complexity index is 1070. The van der Waals surface area contributed by atoms with Crippen LogP contribution in [0.15, 0.2) is 78.9 Å². The molecule has 3 rings (SSSR count). The summed E-state index contributed by atoms with van der Waals surface area (Å²) in [4.78, 5) is 38.1. The molecule has 7 heteroatoms. The summed E-state index contributed by atoms with van der Waals surface area (Å²) in [6, 6.07) is 22.7. The molecule has 0 saturated carbocycles. The lowest BCUT2D eigenvalue weighted by molar-refractivity contribution is -0.114. The first kappa shape index (κ1) is 21.6. The summed E-state index contributed by atoms with van der Waals surface area (Å²) < 4.78 is 4.66. The Balaban J connectivity index is 1.58. The van der Waals surface area contributed by atoms with E-state index >= 15 is 0 Å². The van der Waals surface area contributed by atoms with Crippen LogP contribution >= 0.6 is 0 Å². The van der Waals surface area contributed by atoms with E-state index in [9.17, 15) is 14.4 Å². The standard InChI is InChI=1S/C24H23N3O4/c1-27(21-9-4-3-5-10-21)23(29)18-7-6-8-20(15-18)26-22(28)16-25-19-13-11-17(12-14-19)24(30)31-2/h3-15,25H,16H2,1-2H3,(H,26,28). The van der Waals surface area contributed by atoms with Gasteiger partial charge in [0, 0.05) is 29.7 Å². The Kier molecular flexibility index (Phi) is 7.01. The molecule has 0 bridgehead atoms. The number of hydrogen-bond donors (Lipinski definition) is 2. The average molecular weight is 417 g/mol. The first-order valence-corrected chi connectivity index (χ1v) is 9.63.